The van der Waals surface area contributed by atoms with Crippen LogP contribution in [0.15, 0.2) is 27.8 Å². The lowest BCUT2D eigenvalue weighted by Crippen LogP contribution is -2.47. The standard InChI is InChI=1S/C7H6BBrN2O/c9-7-3-1-2-6-5(7)4-10-11-8(6)12/h1-4,11-12H. The quantitative estimate of drug-likeness (QED) is 0.613. The van der Waals surface area contributed by atoms with Crippen molar-refractivity contribution in [1.82, 2.24) is 5.34 Å². The molecule has 5 heteroatoms. The lowest BCUT2D eigenvalue weighted by Gasteiger charge is -2.14. The van der Waals surface area contributed by atoms with Crippen LogP contribution in [0.4, 0.5) is 0 Å². The highest BCUT2D eigenvalue weighted by Gasteiger charge is 2.21. The number of rotatable bonds is 0. The molecule has 0 bridgehead atoms. The molecule has 0 atom stereocenters. The van der Waals surface area contributed by atoms with Crippen LogP contribution in [0.1, 0.15) is 5.56 Å². The lowest BCUT2D eigenvalue weighted by molar-refractivity contribution is 0.565. The van der Waals surface area contributed by atoms with Crippen molar-refractivity contribution in [2.24, 2.45) is 5.10 Å². The van der Waals surface area contributed by atoms with E-state index in [1.165, 1.54) is 0 Å². The topological polar surface area (TPSA) is 44.6 Å². The van der Waals surface area contributed by atoms with E-state index in [0.29, 0.717) is 0 Å². The van der Waals surface area contributed by atoms with Gasteiger partial charge in [-0.15, -0.1) is 0 Å². The van der Waals surface area contributed by atoms with Crippen LogP contribution >= 0.6 is 15.9 Å². The van der Waals surface area contributed by atoms with Gasteiger partial charge in [-0.05, 0) is 11.5 Å². The Balaban J connectivity index is 2.61. The fourth-order valence-corrected chi connectivity index (χ4v) is 1.65. The minimum Gasteiger partial charge on any atom is -0.428 e. The van der Waals surface area contributed by atoms with Gasteiger partial charge in [0.1, 0.15) is 0 Å². The van der Waals surface area contributed by atoms with Gasteiger partial charge in [0.05, 0.1) is 6.21 Å². The Labute approximate surface area is 78.7 Å². The second-order valence-electron chi connectivity index (χ2n) is 2.53. The zero-order chi connectivity index (χ0) is 8.55. The summed E-state index contributed by atoms with van der Waals surface area (Å²) in [6.07, 6.45) is 1.69. The zero-order valence-electron chi connectivity index (χ0n) is 6.16. The van der Waals surface area contributed by atoms with E-state index in [4.69, 9.17) is 0 Å². The van der Waals surface area contributed by atoms with Crippen LogP contribution in [0, 0.1) is 0 Å². The minimum atomic E-state index is -0.692. The number of hydrogen-bond donors (Lipinski definition) is 2. The van der Waals surface area contributed by atoms with Gasteiger partial charge in [-0.2, -0.15) is 5.10 Å². The Kier molecular flexibility index (Phi) is 1.90. The van der Waals surface area contributed by atoms with E-state index >= 15 is 0 Å². The number of fused-ring (bicyclic) bond motifs is 1. The molecular weight excluding hydrogens is 219 g/mol. The molecule has 1 aliphatic rings. The van der Waals surface area contributed by atoms with Gasteiger partial charge in [0.15, 0.2) is 0 Å². The molecule has 1 aliphatic heterocycles. The van der Waals surface area contributed by atoms with Gasteiger partial charge >= 0.3 is 7.05 Å². The van der Waals surface area contributed by atoms with E-state index < -0.39 is 7.05 Å². The summed E-state index contributed by atoms with van der Waals surface area (Å²) in [6, 6.07) is 5.67. The van der Waals surface area contributed by atoms with Crippen molar-refractivity contribution in [1.29, 1.82) is 0 Å². The molecule has 3 nitrogen and oxygen atoms in total. The van der Waals surface area contributed by atoms with Gasteiger partial charge in [-0.25, -0.2) is 0 Å². The fraction of sp³-hybridized carbons (Fsp3) is 0. The molecule has 1 aromatic rings. The lowest BCUT2D eigenvalue weighted by atomic mass is 9.72. The molecule has 0 aliphatic carbocycles. The van der Waals surface area contributed by atoms with Crippen LogP contribution in [-0.2, 0) is 0 Å². The normalized spacial score (nSPS) is 14.0. The van der Waals surface area contributed by atoms with Crippen molar-refractivity contribution in [3.63, 3.8) is 0 Å². The van der Waals surface area contributed by atoms with Gasteiger partial charge in [0.2, 0.25) is 0 Å². The summed E-state index contributed by atoms with van der Waals surface area (Å²) >= 11 is 3.38. The van der Waals surface area contributed by atoms with E-state index in [2.05, 4.69) is 26.4 Å². The summed E-state index contributed by atoms with van der Waals surface area (Å²) < 4.78 is 0.948. The molecule has 0 fully saturated rings. The van der Waals surface area contributed by atoms with Crippen LogP contribution in [0.2, 0.25) is 0 Å². The molecule has 0 saturated carbocycles. The highest BCUT2D eigenvalue weighted by atomic mass is 79.9. The van der Waals surface area contributed by atoms with Gasteiger partial charge < -0.3 is 10.4 Å². The summed E-state index contributed by atoms with van der Waals surface area (Å²) in [5.74, 6) is 0. The molecule has 0 saturated heterocycles. The van der Waals surface area contributed by atoms with Crippen LogP contribution in [-0.4, -0.2) is 18.3 Å². The van der Waals surface area contributed by atoms with Crippen LogP contribution in [0.25, 0.3) is 0 Å². The van der Waals surface area contributed by atoms with Gasteiger partial charge in [0.25, 0.3) is 0 Å². The first-order valence-corrected chi connectivity index (χ1v) is 4.33. The minimum absolute atomic E-state index is 0.692. The smallest absolute Gasteiger partial charge is 0.428 e. The summed E-state index contributed by atoms with van der Waals surface area (Å²) in [6.45, 7) is 0. The summed E-state index contributed by atoms with van der Waals surface area (Å²) in [5.41, 5.74) is 1.78. The summed E-state index contributed by atoms with van der Waals surface area (Å²) in [5, 5.41) is 15.8. The Morgan fingerprint density at radius 1 is 1.50 bits per heavy atom. The summed E-state index contributed by atoms with van der Waals surface area (Å²) in [7, 11) is -0.692. The van der Waals surface area contributed by atoms with E-state index in [9.17, 15) is 5.02 Å². The van der Waals surface area contributed by atoms with Crippen molar-refractivity contribution < 1.29 is 5.02 Å². The van der Waals surface area contributed by atoms with Crippen molar-refractivity contribution in [3.05, 3.63) is 28.2 Å². The number of nitrogens with one attached hydrogen (secondary N) is 1. The maximum absolute atomic E-state index is 9.44. The average Bonchev–Trinajstić information content (AvgIpc) is 2.07. The molecule has 2 rings (SSSR count). The maximum Gasteiger partial charge on any atom is 0.464 e. The van der Waals surface area contributed by atoms with Crippen LogP contribution in [0.3, 0.4) is 0 Å². The van der Waals surface area contributed by atoms with Crippen molar-refractivity contribution in [3.8, 4) is 0 Å². The van der Waals surface area contributed by atoms with Gasteiger partial charge in [-0.3, -0.25) is 0 Å². The molecule has 0 unspecified atom stereocenters. The largest absolute Gasteiger partial charge is 0.464 e. The van der Waals surface area contributed by atoms with E-state index in [0.717, 1.165) is 15.5 Å². The van der Waals surface area contributed by atoms with Crippen molar-refractivity contribution in [2.75, 3.05) is 0 Å². The third-order valence-corrected chi connectivity index (χ3v) is 2.46. The SMILES string of the molecule is OB1NN=Cc2c(Br)cccc21. The molecule has 2 N–H and O–H groups in total. The molecule has 0 spiro atoms. The number of nitrogens with zero attached hydrogens (tertiary/aromatic N) is 1. The highest BCUT2D eigenvalue weighted by Crippen LogP contribution is 2.13. The van der Waals surface area contributed by atoms with E-state index in [-0.39, 0.29) is 0 Å². The Morgan fingerprint density at radius 3 is 3.08 bits per heavy atom. The van der Waals surface area contributed by atoms with Gasteiger partial charge in [-0.1, -0.05) is 28.1 Å². The van der Waals surface area contributed by atoms with Crippen molar-refractivity contribution >= 4 is 34.7 Å². The van der Waals surface area contributed by atoms with E-state index in [1.807, 2.05) is 18.2 Å². The average molecular weight is 225 g/mol. The molecule has 1 aromatic carbocycles. The number of halogens is 1. The first-order chi connectivity index (χ1) is 5.79. The second-order valence-corrected chi connectivity index (χ2v) is 3.39. The molecule has 0 amide bonds. The Hall–Kier alpha value is -0.805. The number of benzene rings is 1. The predicted molar refractivity (Wildman–Crippen MR) is 52.5 cm³/mol. The Morgan fingerprint density at radius 2 is 2.33 bits per heavy atom. The maximum atomic E-state index is 9.44. The predicted octanol–water partition coefficient (Wildman–Crippen LogP) is 0.0737. The molecule has 0 radical (unpaired) electrons. The highest BCUT2D eigenvalue weighted by molar-refractivity contribution is 9.10. The van der Waals surface area contributed by atoms with Gasteiger partial charge in [0, 0.05) is 10.0 Å². The summed E-state index contributed by atoms with van der Waals surface area (Å²) in [4.78, 5) is 0. The molecule has 0 aromatic heterocycles. The first-order valence-electron chi connectivity index (χ1n) is 3.54. The third kappa shape index (κ3) is 1.15. The zero-order valence-corrected chi connectivity index (χ0v) is 7.75. The number of hydrazone groups is 1. The molecule has 60 valence electrons. The second kappa shape index (κ2) is 2.92. The third-order valence-electron chi connectivity index (χ3n) is 1.77. The number of hydrogen-bond acceptors (Lipinski definition) is 3. The van der Waals surface area contributed by atoms with E-state index in [1.54, 1.807) is 6.21 Å². The van der Waals surface area contributed by atoms with Crippen LogP contribution in [0.5, 0.6) is 0 Å². The Bertz CT molecular complexity index is 342. The monoisotopic (exact) mass is 224 g/mol. The fourth-order valence-electron chi connectivity index (χ4n) is 1.17. The van der Waals surface area contributed by atoms with Crippen LogP contribution < -0.4 is 10.8 Å². The van der Waals surface area contributed by atoms with Crippen molar-refractivity contribution in [2.45, 2.75) is 0 Å². The molecule has 1 heterocycles. The molecular formula is C7H6BBrN2O. The first kappa shape index (κ1) is 7.82. The molecule has 12 heavy (non-hydrogen) atoms.